The van der Waals surface area contributed by atoms with Crippen LogP contribution in [0.1, 0.15) is 59.1 Å². The van der Waals surface area contributed by atoms with E-state index >= 15 is 0 Å². The number of ether oxygens (including phenoxy) is 1. The third kappa shape index (κ3) is 11.4. The first kappa shape index (κ1) is 26.5. The number of benzene rings is 1. The van der Waals surface area contributed by atoms with Crippen LogP contribution in [0.25, 0.3) is 0 Å². The van der Waals surface area contributed by atoms with Gasteiger partial charge in [0.1, 0.15) is 5.75 Å². The third-order valence-corrected chi connectivity index (χ3v) is 3.84. The topological polar surface area (TPSA) is 74.8 Å². The predicted octanol–water partition coefficient (Wildman–Crippen LogP) is 3.87. The summed E-state index contributed by atoms with van der Waals surface area (Å²) in [5, 5.41) is 9.48. The summed E-state index contributed by atoms with van der Waals surface area (Å²) in [4.78, 5) is 16.2. The van der Waals surface area contributed by atoms with E-state index in [1.54, 1.807) is 0 Å². The Morgan fingerprint density at radius 1 is 1.11 bits per heavy atom. The van der Waals surface area contributed by atoms with E-state index in [1.807, 2.05) is 26.0 Å². The molecule has 160 valence electrons. The van der Waals surface area contributed by atoms with Crippen molar-refractivity contribution in [2.45, 2.75) is 53.5 Å². The number of amides is 1. The molecule has 28 heavy (non-hydrogen) atoms. The molecule has 1 rings (SSSR count). The highest BCUT2D eigenvalue weighted by Crippen LogP contribution is 2.18. The number of nitrogens with zero attached hydrogens (tertiary/aromatic N) is 1. The Balaban J connectivity index is 0.00000729. The summed E-state index contributed by atoms with van der Waals surface area (Å²) >= 11 is 0. The Labute approximate surface area is 187 Å². The van der Waals surface area contributed by atoms with Crippen LogP contribution < -0.4 is 20.7 Å². The van der Waals surface area contributed by atoms with Crippen molar-refractivity contribution in [3.05, 3.63) is 29.8 Å². The highest BCUT2D eigenvalue weighted by atomic mass is 127. The second-order valence-corrected chi connectivity index (χ2v) is 7.00. The van der Waals surface area contributed by atoms with Crippen molar-refractivity contribution >= 4 is 35.8 Å². The molecule has 0 aromatic heterocycles. The average Bonchev–Trinajstić information content (AvgIpc) is 2.65. The van der Waals surface area contributed by atoms with Gasteiger partial charge in [-0.2, -0.15) is 0 Å². The first-order chi connectivity index (χ1) is 13.0. The van der Waals surface area contributed by atoms with Crippen molar-refractivity contribution in [2.24, 2.45) is 10.9 Å². The maximum Gasteiger partial charge on any atom is 0.221 e. The minimum absolute atomic E-state index is 0. The van der Waals surface area contributed by atoms with E-state index in [4.69, 9.17) is 4.74 Å². The van der Waals surface area contributed by atoms with Gasteiger partial charge in [-0.15, -0.1) is 24.0 Å². The van der Waals surface area contributed by atoms with Crippen LogP contribution in [0, 0.1) is 5.92 Å². The molecule has 3 N–H and O–H groups in total. The Morgan fingerprint density at radius 3 is 2.36 bits per heavy atom. The zero-order valence-electron chi connectivity index (χ0n) is 17.9. The summed E-state index contributed by atoms with van der Waals surface area (Å²) in [7, 11) is 0. The van der Waals surface area contributed by atoms with Gasteiger partial charge in [0, 0.05) is 19.5 Å². The van der Waals surface area contributed by atoms with Crippen LogP contribution in [0.4, 0.5) is 0 Å². The quantitative estimate of drug-likeness (QED) is 0.243. The lowest BCUT2D eigenvalue weighted by atomic mass is 10.1. The van der Waals surface area contributed by atoms with Gasteiger partial charge in [-0.05, 0) is 43.9 Å². The number of aliphatic imine (C=N–C) groups is 1. The summed E-state index contributed by atoms with van der Waals surface area (Å²) < 4.78 is 5.73. The molecule has 1 amide bonds. The van der Waals surface area contributed by atoms with Crippen LogP contribution >= 0.6 is 24.0 Å². The molecule has 0 heterocycles. The van der Waals surface area contributed by atoms with Crippen molar-refractivity contribution in [3.63, 3.8) is 0 Å². The molecule has 0 saturated heterocycles. The number of nitrogens with one attached hydrogen (secondary N) is 3. The van der Waals surface area contributed by atoms with Crippen molar-refractivity contribution in [2.75, 3.05) is 26.2 Å². The number of halogens is 1. The minimum Gasteiger partial charge on any atom is -0.493 e. The van der Waals surface area contributed by atoms with E-state index in [0.717, 1.165) is 37.4 Å². The Hall–Kier alpha value is -1.51. The molecular weight excluding hydrogens is 467 g/mol. The van der Waals surface area contributed by atoms with Gasteiger partial charge < -0.3 is 20.7 Å². The predicted molar refractivity (Wildman–Crippen MR) is 128 cm³/mol. The fraction of sp³-hybridized carbons (Fsp3) is 0.619. The maximum atomic E-state index is 11.7. The van der Waals surface area contributed by atoms with Gasteiger partial charge >= 0.3 is 0 Å². The summed E-state index contributed by atoms with van der Waals surface area (Å²) in [5.74, 6) is 2.15. The van der Waals surface area contributed by atoms with Crippen LogP contribution in [0.3, 0.4) is 0 Å². The second-order valence-electron chi connectivity index (χ2n) is 7.00. The molecule has 7 heteroatoms. The van der Waals surface area contributed by atoms with Crippen LogP contribution in [0.5, 0.6) is 5.75 Å². The largest absolute Gasteiger partial charge is 0.493 e. The lowest BCUT2D eigenvalue weighted by Crippen LogP contribution is -2.39. The number of hydrogen-bond acceptors (Lipinski definition) is 3. The van der Waals surface area contributed by atoms with Gasteiger partial charge in [-0.3, -0.25) is 9.79 Å². The lowest BCUT2D eigenvalue weighted by Gasteiger charge is -2.18. The van der Waals surface area contributed by atoms with E-state index < -0.39 is 0 Å². The number of rotatable bonds is 11. The third-order valence-electron chi connectivity index (χ3n) is 3.84. The number of carbonyl (C=O) groups excluding carboxylic acids is 1. The molecular formula is C21H37IN4O2. The van der Waals surface area contributed by atoms with Gasteiger partial charge in [-0.1, -0.05) is 32.9 Å². The molecule has 6 nitrogen and oxygen atoms in total. The van der Waals surface area contributed by atoms with Crippen molar-refractivity contribution in [1.82, 2.24) is 16.0 Å². The molecule has 0 aliphatic rings. The van der Waals surface area contributed by atoms with Crippen LogP contribution in [0.2, 0.25) is 0 Å². The van der Waals surface area contributed by atoms with Gasteiger partial charge in [0.2, 0.25) is 5.91 Å². The monoisotopic (exact) mass is 504 g/mol. The lowest BCUT2D eigenvalue weighted by molar-refractivity contribution is -0.120. The van der Waals surface area contributed by atoms with Crippen LogP contribution in [-0.2, 0) is 4.79 Å². The first-order valence-corrected chi connectivity index (χ1v) is 10.0. The van der Waals surface area contributed by atoms with Gasteiger partial charge in [-0.25, -0.2) is 0 Å². The van der Waals surface area contributed by atoms with Gasteiger partial charge in [0.25, 0.3) is 0 Å². The zero-order valence-corrected chi connectivity index (χ0v) is 20.2. The number of guanidine groups is 1. The highest BCUT2D eigenvalue weighted by molar-refractivity contribution is 14.0. The number of hydrogen-bond donors (Lipinski definition) is 3. The van der Waals surface area contributed by atoms with E-state index in [0.29, 0.717) is 24.8 Å². The molecule has 1 aromatic rings. The SMILES string of the molecule is CCCNC(=O)CCN=C(NCC)NC(C)c1ccc(OCC(C)C)cc1.I. The summed E-state index contributed by atoms with van der Waals surface area (Å²) in [5.41, 5.74) is 1.15. The molecule has 1 unspecified atom stereocenters. The Kier molecular flexibility index (Phi) is 14.6. The van der Waals surface area contributed by atoms with Gasteiger partial charge in [0.05, 0.1) is 19.2 Å². The van der Waals surface area contributed by atoms with Crippen molar-refractivity contribution in [1.29, 1.82) is 0 Å². The Morgan fingerprint density at radius 2 is 1.79 bits per heavy atom. The van der Waals surface area contributed by atoms with E-state index in [9.17, 15) is 4.79 Å². The Bertz CT molecular complexity index is 576. The van der Waals surface area contributed by atoms with E-state index in [-0.39, 0.29) is 35.9 Å². The molecule has 0 saturated carbocycles. The molecule has 0 spiro atoms. The fourth-order valence-corrected chi connectivity index (χ4v) is 2.35. The normalized spacial score (nSPS) is 12.1. The van der Waals surface area contributed by atoms with E-state index in [1.165, 1.54) is 0 Å². The van der Waals surface area contributed by atoms with Crippen molar-refractivity contribution in [3.8, 4) is 5.75 Å². The summed E-state index contributed by atoms with van der Waals surface area (Å²) in [6, 6.07) is 8.22. The molecule has 0 bridgehead atoms. The first-order valence-electron chi connectivity index (χ1n) is 10.0. The molecule has 0 fully saturated rings. The average molecular weight is 504 g/mol. The van der Waals surface area contributed by atoms with Crippen molar-refractivity contribution < 1.29 is 9.53 Å². The van der Waals surface area contributed by atoms with Crippen LogP contribution in [-0.4, -0.2) is 38.1 Å². The molecule has 0 aliphatic carbocycles. The molecule has 0 aliphatic heterocycles. The zero-order chi connectivity index (χ0) is 20.1. The smallest absolute Gasteiger partial charge is 0.221 e. The summed E-state index contributed by atoms with van der Waals surface area (Å²) in [6.07, 6.45) is 1.34. The van der Waals surface area contributed by atoms with Gasteiger partial charge in [0.15, 0.2) is 5.96 Å². The van der Waals surface area contributed by atoms with Crippen LogP contribution in [0.15, 0.2) is 29.3 Å². The number of carbonyl (C=O) groups is 1. The van der Waals surface area contributed by atoms with E-state index in [2.05, 4.69) is 53.8 Å². The standard InChI is InChI=1S/C21H36N4O2.HI/c1-6-13-23-20(26)12-14-24-21(22-7-2)25-17(5)18-8-10-19(11-9-18)27-15-16(3)4;/h8-11,16-17H,6-7,12-15H2,1-5H3,(H,23,26)(H2,22,24,25);1H. The molecule has 1 aromatic carbocycles. The highest BCUT2D eigenvalue weighted by Gasteiger charge is 2.09. The molecule has 0 radical (unpaired) electrons. The molecule has 1 atom stereocenters. The summed E-state index contributed by atoms with van der Waals surface area (Å²) in [6.45, 7) is 13.1. The maximum absolute atomic E-state index is 11.7. The minimum atomic E-state index is 0. The fourth-order valence-electron chi connectivity index (χ4n) is 2.35. The second kappa shape index (κ2) is 15.4.